The molecule has 0 aliphatic carbocycles. The molecule has 0 unspecified atom stereocenters. The van der Waals surface area contributed by atoms with Gasteiger partial charge in [0.2, 0.25) is 6.79 Å². The van der Waals surface area contributed by atoms with Gasteiger partial charge in [-0.2, -0.15) is 13.2 Å². The zero-order chi connectivity index (χ0) is 14.9. The number of carbonyl (C=O) groups is 1. The first kappa shape index (κ1) is 14.3. The van der Waals surface area contributed by atoms with Gasteiger partial charge < -0.3 is 20.1 Å². The number of carbonyl (C=O) groups excluding carboxylic acids is 1. The molecule has 1 amide bonds. The van der Waals surface area contributed by atoms with Gasteiger partial charge in [-0.15, -0.1) is 0 Å². The van der Waals surface area contributed by atoms with Gasteiger partial charge in [0.05, 0.1) is 12.0 Å². The van der Waals surface area contributed by atoms with Crippen molar-refractivity contribution in [3.63, 3.8) is 0 Å². The SMILES string of the molecule is CN(CCC(F)(F)F)C(=O)c1cc2c(cc1N)OCO2. The van der Waals surface area contributed by atoms with Gasteiger partial charge in [-0.1, -0.05) is 0 Å². The van der Waals surface area contributed by atoms with Gasteiger partial charge in [0.15, 0.2) is 11.5 Å². The fraction of sp³-hybridized carbons (Fsp3) is 0.417. The molecule has 0 fully saturated rings. The molecule has 0 bridgehead atoms. The van der Waals surface area contributed by atoms with E-state index in [0.717, 1.165) is 4.90 Å². The fourth-order valence-corrected chi connectivity index (χ4v) is 1.74. The minimum absolute atomic E-state index is 0.0241. The van der Waals surface area contributed by atoms with E-state index in [9.17, 15) is 18.0 Å². The van der Waals surface area contributed by atoms with E-state index in [1.165, 1.54) is 19.2 Å². The van der Waals surface area contributed by atoms with Crippen LogP contribution >= 0.6 is 0 Å². The summed E-state index contributed by atoms with van der Waals surface area (Å²) in [7, 11) is 1.29. The van der Waals surface area contributed by atoms with Crippen LogP contribution < -0.4 is 15.2 Å². The van der Waals surface area contributed by atoms with Crippen molar-refractivity contribution in [3.05, 3.63) is 17.7 Å². The normalized spacial score (nSPS) is 13.4. The maximum absolute atomic E-state index is 12.1. The summed E-state index contributed by atoms with van der Waals surface area (Å²) < 4.78 is 46.6. The molecule has 2 rings (SSSR count). The Morgan fingerprint density at radius 1 is 1.35 bits per heavy atom. The minimum atomic E-state index is -4.31. The van der Waals surface area contributed by atoms with Crippen molar-refractivity contribution in [1.29, 1.82) is 0 Å². The van der Waals surface area contributed by atoms with Crippen LogP contribution in [-0.4, -0.2) is 37.4 Å². The van der Waals surface area contributed by atoms with E-state index in [4.69, 9.17) is 15.2 Å². The number of alkyl halides is 3. The first-order valence-electron chi connectivity index (χ1n) is 5.79. The Morgan fingerprint density at radius 2 is 1.95 bits per heavy atom. The van der Waals surface area contributed by atoms with Gasteiger partial charge >= 0.3 is 6.18 Å². The Hall–Kier alpha value is -2.12. The Labute approximate surface area is 113 Å². The Balaban J connectivity index is 2.13. The van der Waals surface area contributed by atoms with Gasteiger partial charge in [-0.25, -0.2) is 0 Å². The highest BCUT2D eigenvalue weighted by Crippen LogP contribution is 2.36. The van der Waals surface area contributed by atoms with E-state index >= 15 is 0 Å². The van der Waals surface area contributed by atoms with Crippen LogP contribution in [0.25, 0.3) is 0 Å². The second-order valence-electron chi connectivity index (χ2n) is 4.38. The molecule has 1 aliphatic heterocycles. The molecule has 0 saturated heterocycles. The maximum atomic E-state index is 12.1. The van der Waals surface area contributed by atoms with Crippen molar-refractivity contribution in [2.75, 3.05) is 26.1 Å². The number of nitrogens with two attached hydrogens (primary N) is 1. The molecule has 0 atom stereocenters. The number of anilines is 1. The summed E-state index contributed by atoms with van der Waals surface area (Å²) in [6.07, 6.45) is -5.38. The van der Waals surface area contributed by atoms with E-state index in [1.54, 1.807) is 0 Å². The second kappa shape index (κ2) is 5.10. The van der Waals surface area contributed by atoms with Gasteiger partial charge in [0.1, 0.15) is 0 Å². The number of hydrogen-bond acceptors (Lipinski definition) is 4. The maximum Gasteiger partial charge on any atom is 0.390 e. The lowest BCUT2D eigenvalue weighted by Crippen LogP contribution is -2.31. The van der Waals surface area contributed by atoms with Crippen molar-refractivity contribution < 1.29 is 27.4 Å². The minimum Gasteiger partial charge on any atom is -0.454 e. The molecule has 0 radical (unpaired) electrons. The molecule has 0 saturated carbocycles. The summed E-state index contributed by atoms with van der Waals surface area (Å²) in [6, 6.07) is 2.80. The van der Waals surface area contributed by atoms with Crippen LogP contribution in [0.4, 0.5) is 18.9 Å². The highest BCUT2D eigenvalue weighted by molar-refractivity contribution is 6.00. The zero-order valence-corrected chi connectivity index (χ0v) is 10.7. The molecule has 2 N–H and O–H groups in total. The van der Waals surface area contributed by atoms with E-state index in [1.807, 2.05) is 0 Å². The summed E-state index contributed by atoms with van der Waals surface area (Å²) >= 11 is 0. The average molecular weight is 290 g/mol. The van der Waals surface area contributed by atoms with Crippen LogP contribution in [0.1, 0.15) is 16.8 Å². The number of fused-ring (bicyclic) bond motifs is 1. The second-order valence-corrected chi connectivity index (χ2v) is 4.38. The third-order valence-corrected chi connectivity index (χ3v) is 2.85. The number of amides is 1. The van der Waals surface area contributed by atoms with Crippen molar-refractivity contribution in [1.82, 2.24) is 4.90 Å². The number of rotatable bonds is 3. The van der Waals surface area contributed by atoms with Crippen LogP contribution in [-0.2, 0) is 0 Å². The lowest BCUT2D eigenvalue weighted by molar-refractivity contribution is -0.136. The van der Waals surface area contributed by atoms with E-state index in [2.05, 4.69) is 0 Å². The summed E-state index contributed by atoms with van der Waals surface area (Å²) in [5, 5.41) is 0. The van der Waals surface area contributed by atoms with Crippen LogP contribution in [0.15, 0.2) is 12.1 Å². The molecule has 1 heterocycles. The molecular formula is C12H13F3N2O3. The predicted molar refractivity (Wildman–Crippen MR) is 64.6 cm³/mol. The molecule has 0 aromatic heterocycles. The zero-order valence-electron chi connectivity index (χ0n) is 10.7. The third-order valence-electron chi connectivity index (χ3n) is 2.85. The molecule has 8 heteroatoms. The molecule has 1 aromatic rings. The third kappa shape index (κ3) is 3.06. The van der Waals surface area contributed by atoms with E-state index < -0.39 is 25.0 Å². The molecule has 5 nitrogen and oxygen atoms in total. The largest absolute Gasteiger partial charge is 0.454 e. The van der Waals surface area contributed by atoms with E-state index in [0.29, 0.717) is 11.5 Å². The van der Waals surface area contributed by atoms with Crippen molar-refractivity contribution in [2.45, 2.75) is 12.6 Å². The van der Waals surface area contributed by atoms with Gasteiger partial charge in [0.25, 0.3) is 5.91 Å². The molecule has 0 spiro atoms. The lowest BCUT2D eigenvalue weighted by Gasteiger charge is -2.19. The number of nitrogens with zero attached hydrogens (tertiary/aromatic N) is 1. The molecule has 1 aromatic carbocycles. The summed E-state index contributed by atoms with van der Waals surface area (Å²) in [6.45, 7) is -0.410. The monoisotopic (exact) mass is 290 g/mol. The summed E-state index contributed by atoms with van der Waals surface area (Å²) in [4.78, 5) is 13.0. The Kier molecular flexibility index (Phi) is 3.65. The molecular weight excluding hydrogens is 277 g/mol. The van der Waals surface area contributed by atoms with E-state index in [-0.39, 0.29) is 18.0 Å². The number of benzene rings is 1. The van der Waals surface area contributed by atoms with Crippen LogP contribution in [0, 0.1) is 0 Å². The Morgan fingerprint density at radius 3 is 2.55 bits per heavy atom. The van der Waals surface area contributed by atoms with Crippen LogP contribution in [0.2, 0.25) is 0 Å². The summed E-state index contributed by atoms with van der Waals surface area (Å²) in [5.74, 6) is 0.175. The predicted octanol–water partition coefficient (Wildman–Crippen LogP) is 2.02. The van der Waals surface area contributed by atoms with Gasteiger partial charge in [0, 0.05) is 25.3 Å². The van der Waals surface area contributed by atoms with Gasteiger partial charge in [-0.3, -0.25) is 4.79 Å². The van der Waals surface area contributed by atoms with Crippen molar-refractivity contribution >= 4 is 11.6 Å². The molecule has 20 heavy (non-hydrogen) atoms. The topological polar surface area (TPSA) is 64.8 Å². The Bertz CT molecular complexity index is 531. The molecule has 1 aliphatic rings. The van der Waals surface area contributed by atoms with Crippen LogP contribution in [0.5, 0.6) is 11.5 Å². The van der Waals surface area contributed by atoms with Crippen molar-refractivity contribution in [2.24, 2.45) is 0 Å². The number of nitrogen functional groups attached to an aromatic ring is 1. The first-order valence-corrected chi connectivity index (χ1v) is 5.79. The van der Waals surface area contributed by atoms with Gasteiger partial charge in [-0.05, 0) is 6.07 Å². The number of halogens is 3. The summed E-state index contributed by atoms with van der Waals surface area (Å²) in [5.41, 5.74) is 5.94. The fourth-order valence-electron chi connectivity index (χ4n) is 1.74. The smallest absolute Gasteiger partial charge is 0.390 e. The number of hydrogen-bond donors (Lipinski definition) is 1. The average Bonchev–Trinajstić information content (AvgIpc) is 2.80. The highest BCUT2D eigenvalue weighted by Gasteiger charge is 2.29. The standard InChI is InChI=1S/C12H13F3N2O3/c1-17(3-2-12(13,14)15)11(18)7-4-9-10(5-8(7)16)20-6-19-9/h4-5H,2-3,6,16H2,1H3. The first-order chi connectivity index (χ1) is 9.28. The molecule has 110 valence electrons. The van der Waals surface area contributed by atoms with Crippen molar-refractivity contribution in [3.8, 4) is 11.5 Å². The quantitative estimate of drug-likeness (QED) is 0.865. The highest BCUT2D eigenvalue weighted by atomic mass is 19.4. The number of ether oxygens (including phenoxy) is 2. The van der Waals surface area contributed by atoms with Crippen LogP contribution in [0.3, 0.4) is 0 Å². The lowest BCUT2D eigenvalue weighted by atomic mass is 10.1.